The monoisotopic (exact) mass is 235 g/mol. The van der Waals surface area contributed by atoms with E-state index in [4.69, 9.17) is 0 Å². The maximum absolute atomic E-state index is 11.1. The highest BCUT2D eigenvalue weighted by Gasteiger charge is 2.49. The lowest BCUT2D eigenvalue weighted by molar-refractivity contribution is -0.142. The molecule has 5 nitrogen and oxygen atoms in total. The molecule has 3 heterocycles. The van der Waals surface area contributed by atoms with Crippen LogP contribution in [-0.4, -0.2) is 37.8 Å². The number of nitrogens with zero attached hydrogens (tertiary/aromatic N) is 3. The van der Waals surface area contributed by atoms with Gasteiger partial charge in [0.1, 0.15) is 0 Å². The van der Waals surface area contributed by atoms with Crippen LogP contribution in [0.1, 0.15) is 25.0 Å². The molecule has 92 valence electrons. The van der Waals surface area contributed by atoms with Crippen LogP contribution in [0.4, 0.5) is 0 Å². The van der Waals surface area contributed by atoms with Gasteiger partial charge in [0, 0.05) is 31.9 Å². The maximum Gasteiger partial charge on any atom is 0.308 e. The van der Waals surface area contributed by atoms with E-state index in [0.717, 1.165) is 31.5 Å². The molecule has 1 aromatic heterocycles. The van der Waals surface area contributed by atoms with Crippen molar-refractivity contribution in [3.05, 3.63) is 18.0 Å². The van der Waals surface area contributed by atoms with Crippen molar-refractivity contribution in [1.82, 2.24) is 14.7 Å². The molecule has 3 rings (SSSR count). The van der Waals surface area contributed by atoms with Crippen molar-refractivity contribution in [3.8, 4) is 0 Å². The number of aliphatic carboxylic acids is 1. The van der Waals surface area contributed by atoms with Crippen molar-refractivity contribution in [2.45, 2.75) is 37.9 Å². The summed E-state index contributed by atoms with van der Waals surface area (Å²) in [4.78, 5) is 13.5. The number of hydrogen-bond donors (Lipinski definition) is 1. The van der Waals surface area contributed by atoms with E-state index in [2.05, 4.69) is 10.00 Å². The molecule has 2 aliphatic rings. The number of aromatic nitrogens is 2. The fourth-order valence-electron chi connectivity index (χ4n) is 3.35. The summed E-state index contributed by atoms with van der Waals surface area (Å²) in [6.07, 6.45) is 4.91. The highest BCUT2D eigenvalue weighted by Crippen LogP contribution is 2.42. The minimum atomic E-state index is -0.636. The number of carboxylic acids is 1. The molecular formula is C12H17N3O2. The maximum atomic E-state index is 11.1. The molecule has 1 N–H and O–H groups in total. The van der Waals surface area contributed by atoms with Gasteiger partial charge in [-0.2, -0.15) is 5.10 Å². The van der Waals surface area contributed by atoms with Gasteiger partial charge in [0.25, 0.3) is 0 Å². The molecule has 0 radical (unpaired) electrons. The Balaban J connectivity index is 1.75. The van der Waals surface area contributed by atoms with Crippen LogP contribution in [0.2, 0.25) is 0 Å². The first-order valence-electron chi connectivity index (χ1n) is 6.12. The summed E-state index contributed by atoms with van der Waals surface area (Å²) in [5.74, 6) is -0.805. The highest BCUT2D eigenvalue weighted by atomic mass is 16.4. The predicted molar refractivity (Wildman–Crippen MR) is 61.3 cm³/mol. The average molecular weight is 235 g/mol. The Hall–Kier alpha value is -1.36. The predicted octanol–water partition coefficient (Wildman–Crippen LogP) is 0.858. The Morgan fingerprint density at radius 3 is 3.00 bits per heavy atom. The summed E-state index contributed by atoms with van der Waals surface area (Å²) in [5, 5.41) is 13.5. The molecule has 2 aliphatic heterocycles. The number of carbonyl (C=O) groups is 1. The first kappa shape index (κ1) is 10.8. The van der Waals surface area contributed by atoms with E-state index in [9.17, 15) is 9.90 Å². The van der Waals surface area contributed by atoms with Crippen molar-refractivity contribution in [2.75, 3.05) is 0 Å². The lowest BCUT2D eigenvalue weighted by Gasteiger charge is -2.21. The van der Waals surface area contributed by atoms with E-state index in [1.807, 2.05) is 19.3 Å². The van der Waals surface area contributed by atoms with Gasteiger partial charge in [0.15, 0.2) is 0 Å². The molecule has 17 heavy (non-hydrogen) atoms. The van der Waals surface area contributed by atoms with Crippen LogP contribution in [0.3, 0.4) is 0 Å². The minimum Gasteiger partial charge on any atom is -0.481 e. The van der Waals surface area contributed by atoms with Crippen molar-refractivity contribution in [3.63, 3.8) is 0 Å². The fourth-order valence-corrected chi connectivity index (χ4v) is 3.35. The van der Waals surface area contributed by atoms with Gasteiger partial charge in [-0.15, -0.1) is 0 Å². The Labute approximate surface area is 100 Å². The first-order chi connectivity index (χ1) is 8.15. The number of hydrogen-bond acceptors (Lipinski definition) is 3. The standard InChI is InChI=1S/C12H17N3O2/c1-14-5-4-8(13-14)7-15-9-2-3-11(15)10(6-9)12(16)17/h4-5,9-11H,2-3,6-7H2,1H3,(H,16,17). The Bertz CT molecular complexity index is 443. The Kier molecular flexibility index (Phi) is 2.43. The zero-order valence-corrected chi connectivity index (χ0v) is 9.91. The van der Waals surface area contributed by atoms with Crippen molar-refractivity contribution < 1.29 is 9.90 Å². The van der Waals surface area contributed by atoms with Gasteiger partial charge in [-0.1, -0.05) is 0 Å². The lowest BCUT2D eigenvalue weighted by atomic mass is 9.89. The van der Waals surface area contributed by atoms with E-state index in [-0.39, 0.29) is 12.0 Å². The third-order valence-corrected chi connectivity index (χ3v) is 4.11. The lowest BCUT2D eigenvalue weighted by Crippen LogP contribution is -2.32. The van der Waals surface area contributed by atoms with Crippen LogP contribution >= 0.6 is 0 Å². The van der Waals surface area contributed by atoms with E-state index in [1.165, 1.54) is 0 Å². The molecule has 5 heteroatoms. The van der Waals surface area contributed by atoms with Crippen LogP contribution in [0.15, 0.2) is 12.3 Å². The van der Waals surface area contributed by atoms with Crippen molar-refractivity contribution in [1.29, 1.82) is 0 Å². The summed E-state index contributed by atoms with van der Waals surface area (Å²) in [7, 11) is 1.90. The Morgan fingerprint density at radius 2 is 2.41 bits per heavy atom. The summed E-state index contributed by atoms with van der Waals surface area (Å²) in [6.45, 7) is 0.792. The topological polar surface area (TPSA) is 58.4 Å². The molecule has 1 aromatic rings. The third kappa shape index (κ3) is 1.74. The molecule has 0 spiro atoms. The van der Waals surface area contributed by atoms with Crippen LogP contribution in [0.5, 0.6) is 0 Å². The second-order valence-electron chi connectivity index (χ2n) is 5.13. The normalized spacial score (nSPS) is 32.2. The number of carboxylic acid groups (broad SMARTS) is 1. The van der Waals surface area contributed by atoms with Gasteiger partial charge < -0.3 is 5.11 Å². The molecule has 0 amide bonds. The summed E-state index contributed by atoms with van der Waals surface area (Å²) < 4.78 is 1.79. The zero-order chi connectivity index (χ0) is 12.0. The summed E-state index contributed by atoms with van der Waals surface area (Å²) >= 11 is 0. The first-order valence-corrected chi connectivity index (χ1v) is 6.12. The smallest absolute Gasteiger partial charge is 0.308 e. The van der Waals surface area contributed by atoms with Crippen molar-refractivity contribution >= 4 is 5.97 Å². The average Bonchev–Trinajstić information content (AvgIpc) is 2.95. The van der Waals surface area contributed by atoms with Gasteiger partial charge >= 0.3 is 5.97 Å². The molecule has 2 bridgehead atoms. The van der Waals surface area contributed by atoms with Crippen LogP contribution < -0.4 is 0 Å². The molecule has 0 saturated carbocycles. The molecule has 3 atom stereocenters. The molecule has 2 fully saturated rings. The van der Waals surface area contributed by atoms with Crippen LogP contribution in [-0.2, 0) is 18.4 Å². The molecule has 3 unspecified atom stereocenters. The van der Waals surface area contributed by atoms with E-state index in [1.54, 1.807) is 4.68 Å². The largest absolute Gasteiger partial charge is 0.481 e. The zero-order valence-electron chi connectivity index (χ0n) is 9.91. The van der Waals surface area contributed by atoms with Gasteiger partial charge in [-0.3, -0.25) is 14.4 Å². The molecule has 0 aromatic carbocycles. The molecule has 0 aliphatic carbocycles. The highest BCUT2D eigenvalue weighted by molar-refractivity contribution is 5.71. The molecular weight excluding hydrogens is 218 g/mol. The van der Waals surface area contributed by atoms with Crippen LogP contribution in [0.25, 0.3) is 0 Å². The van der Waals surface area contributed by atoms with Gasteiger partial charge in [-0.05, 0) is 25.3 Å². The SMILES string of the molecule is Cn1ccc(CN2C3CCC2C(C(=O)O)C3)n1. The Morgan fingerprint density at radius 1 is 1.59 bits per heavy atom. The quantitative estimate of drug-likeness (QED) is 0.844. The number of fused-ring (bicyclic) bond motifs is 2. The van der Waals surface area contributed by atoms with E-state index >= 15 is 0 Å². The summed E-state index contributed by atoms with van der Waals surface area (Å²) in [6, 6.07) is 2.68. The van der Waals surface area contributed by atoms with Gasteiger partial charge in [-0.25, -0.2) is 0 Å². The van der Waals surface area contributed by atoms with E-state index in [0.29, 0.717) is 6.04 Å². The summed E-state index contributed by atoms with van der Waals surface area (Å²) in [5.41, 5.74) is 1.04. The molecule has 2 saturated heterocycles. The minimum absolute atomic E-state index is 0.169. The second-order valence-corrected chi connectivity index (χ2v) is 5.13. The van der Waals surface area contributed by atoms with Gasteiger partial charge in [0.2, 0.25) is 0 Å². The van der Waals surface area contributed by atoms with Gasteiger partial charge in [0.05, 0.1) is 11.6 Å². The number of aryl methyl sites for hydroxylation is 1. The number of rotatable bonds is 3. The van der Waals surface area contributed by atoms with E-state index < -0.39 is 5.97 Å². The van der Waals surface area contributed by atoms with Crippen LogP contribution in [0, 0.1) is 5.92 Å². The fraction of sp³-hybridized carbons (Fsp3) is 0.667. The third-order valence-electron chi connectivity index (χ3n) is 4.11. The van der Waals surface area contributed by atoms with Crippen molar-refractivity contribution in [2.24, 2.45) is 13.0 Å². The second kappa shape index (κ2) is 3.84.